The van der Waals surface area contributed by atoms with Gasteiger partial charge >= 0.3 is 5.69 Å². The molecule has 124 valence electrons. The molecule has 1 aromatic carbocycles. The van der Waals surface area contributed by atoms with E-state index in [4.69, 9.17) is 5.73 Å². The van der Waals surface area contributed by atoms with E-state index >= 15 is 0 Å². The first-order valence-electron chi connectivity index (χ1n) is 7.52. The van der Waals surface area contributed by atoms with Crippen molar-refractivity contribution in [3.05, 3.63) is 55.1 Å². The Bertz CT molecular complexity index is 797. The van der Waals surface area contributed by atoms with E-state index in [1.54, 1.807) is 11.9 Å². The van der Waals surface area contributed by atoms with Crippen molar-refractivity contribution in [1.82, 2.24) is 9.55 Å². The maximum absolute atomic E-state index is 12.2. The zero-order chi connectivity index (χ0) is 17.0. The van der Waals surface area contributed by atoms with E-state index in [0.29, 0.717) is 18.8 Å². The monoisotopic (exact) mass is 380 g/mol. The highest BCUT2D eigenvalue weighted by atomic mass is 79.9. The first-order valence-corrected chi connectivity index (χ1v) is 8.32. The van der Waals surface area contributed by atoms with E-state index in [-0.39, 0.29) is 5.82 Å². The Labute approximate surface area is 143 Å². The maximum atomic E-state index is 12.2. The number of nitrogens with one attached hydrogen (secondary N) is 1. The molecule has 0 fully saturated rings. The number of hydrogen-bond donors (Lipinski definition) is 2. The van der Waals surface area contributed by atoms with Gasteiger partial charge in [0.25, 0.3) is 5.56 Å². The number of rotatable bonds is 6. The van der Waals surface area contributed by atoms with E-state index in [2.05, 4.69) is 20.9 Å². The molecule has 2 aromatic rings. The van der Waals surface area contributed by atoms with E-state index in [0.717, 1.165) is 22.9 Å². The van der Waals surface area contributed by atoms with Crippen LogP contribution in [0.25, 0.3) is 0 Å². The molecule has 0 atom stereocenters. The van der Waals surface area contributed by atoms with E-state index in [9.17, 15) is 9.59 Å². The van der Waals surface area contributed by atoms with Crippen LogP contribution in [0.15, 0.2) is 38.3 Å². The van der Waals surface area contributed by atoms with Gasteiger partial charge in [0, 0.05) is 24.6 Å². The lowest BCUT2D eigenvalue weighted by Gasteiger charge is -2.22. The van der Waals surface area contributed by atoms with Crippen molar-refractivity contribution in [1.29, 1.82) is 0 Å². The number of H-pyrrole nitrogens is 1. The largest absolute Gasteiger partial charge is 0.383 e. The predicted molar refractivity (Wildman–Crippen MR) is 96.9 cm³/mol. The van der Waals surface area contributed by atoms with Crippen LogP contribution in [0.5, 0.6) is 0 Å². The molecule has 23 heavy (non-hydrogen) atoms. The Morgan fingerprint density at radius 3 is 2.65 bits per heavy atom. The van der Waals surface area contributed by atoms with E-state index < -0.39 is 11.2 Å². The zero-order valence-corrected chi connectivity index (χ0v) is 14.9. The van der Waals surface area contributed by atoms with Crippen molar-refractivity contribution in [2.24, 2.45) is 0 Å². The molecule has 1 aromatic heterocycles. The SMILES string of the molecule is CCCCn1c(N)c(N(C)Cc2ccccc2Br)c(=O)[nH]c1=O. The van der Waals surface area contributed by atoms with Gasteiger partial charge in [-0.05, 0) is 18.1 Å². The third-order valence-electron chi connectivity index (χ3n) is 3.70. The molecule has 0 spiro atoms. The quantitative estimate of drug-likeness (QED) is 0.805. The molecule has 0 saturated carbocycles. The van der Waals surface area contributed by atoms with Crippen LogP contribution in [0.3, 0.4) is 0 Å². The summed E-state index contributed by atoms with van der Waals surface area (Å²) in [5, 5.41) is 0. The Hall–Kier alpha value is -2.02. The summed E-state index contributed by atoms with van der Waals surface area (Å²) in [4.78, 5) is 28.3. The molecule has 0 radical (unpaired) electrons. The van der Waals surface area contributed by atoms with Crippen molar-refractivity contribution in [3.63, 3.8) is 0 Å². The van der Waals surface area contributed by atoms with Crippen LogP contribution in [0.4, 0.5) is 11.5 Å². The second kappa shape index (κ2) is 7.50. The highest BCUT2D eigenvalue weighted by Crippen LogP contribution is 2.22. The number of anilines is 2. The number of aromatic amines is 1. The number of nitrogen functional groups attached to an aromatic ring is 1. The van der Waals surface area contributed by atoms with Crippen molar-refractivity contribution < 1.29 is 0 Å². The van der Waals surface area contributed by atoms with E-state index in [1.807, 2.05) is 31.2 Å². The molecule has 0 aliphatic rings. The summed E-state index contributed by atoms with van der Waals surface area (Å²) >= 11 is 3.50. The first kappa shape index (κ1) is 17.3. The fraction of sp³-hybridized carbons (Fsp3) is 0.375. The van der Waals surface area contributed by atoms with Crippen LogP contribution in [0.2, 0.25) is 0 Å². The van der Waals surface area contributed by atoms with Crippen molar-refractivity contribution >= 4 is 27.4 Å². The Kier molecular flexibility index (Phi) is 5.65. The number of nitrogens with zero attached hydrogens (tertiary/aromatic N) is 2. The molecule has 0 aliphatic heterocycles. The number of nitrogens with two attached hydrogens (primary N) is 1. The lowest BCUT2D eigenvalue weighted by atomic mass is 10.2. The predicted octanol–water partition coefficient (Wildman–Crippen LogP) is 2.32. The van der Waals surface area contributed by atoms with Gasteiger partial charge in [-0.3, -0.25) is 14.3 Å². The molecule has 2 rings (SSSR count). The van der Waals surface area contributed by atoms with Gasteiger partial charge in [0.1, 0.15) is 11.5 Å². The zero-order valence-electron chi connectivity index (χ0n) is 13.3. The minimum atomic E-state index is -0.463. The molecule has 6 nitrogen and oxygen atoms in total. The summed E-state index contributed by atoms with van der Waals surface area (Å²) in [5.41, 5.74) is 6.53. The molecule has 0 amide bonds. The van der Waals surface area contributed by atoms with Crippen LogP contribution in [0, 0.1) is 0 Å². The van der Waals surface area contributed by atoms with Gasteiger partial charge in [0.15, 0.2) is 0 Å². The van der Waals surface area contributed by atoms with Crippen LogP contribution in [-0.4, -0.2) is 16.6 Å². The summed E-state index contributed by atoms with van der Waals surface area (Å²) in [6.45, 7) is 3.03. The minimum absolute atomic E-state index is 0.210. The summed E-state index contributed by atoms with van der Waals surface area (Å²) in [7, 11) is 1.79. The van der Waals surface area contributed by atoms with Gasteiger partial charge in [-0.25, -0.2) is 4.79 Å². The minimum Gasteiger partial charge on any atom is -0.383 e. The van der Waals surface area contributed by atoms with Crippen molar-refractivity contribution in [3.8, 4) is 0 Å². The molecule has 7 heteroatoms. The van der Waals surface area contributed by atoms with Gasteiger partial charge in [-0.1, -0.05) is 47.5 Å². The number of benzene rings is 1. The smallest absolute Gasteiger partial charge is 0.330 e. The maximum Gasteiger partial charge on any atom is 0.330 e. The number of unbranched alkanes of at least 4 members (excludes halogenated alkanes) is 1. The fourth-order valence-corrected chi connectivity index (χ4v) is 2.86. The third-order valence-corrected chi connectivity index (χ3v) is 4.47. The molecule has 0 aliphatic carbocycles. The van der Waals surface area contributed by atoms with Gasteiger partial charge in [0.2, 0.25) is 0 Å². The van der Waals surface area contributed by atoms with Gasteiger partial charge in [0.05, 0.1) is 0 Å². The molecular formula is C16H21BrN4O2. The molecule has 0 unspecified atom stereocenters. The second-order valence-electron chi connectivity index (χ2n) is 5.45. The Balaban J connectivity index is 2.40. The topological polar surface area (TPSA) is 84.1 Å². The lowest BCUT2D eigenvalue weighted by Crippen LogP contribution is -2.37. The van der Waals surface area contributed by atoms with Gasteiger partial charge in [-0.2, -0.15) is 0 Å². The Morgan fingerprint density at radius 2 is 2.00 bits per heavy atom. The molecular weight excluding hydrogens is 360 g/mol. The van der Waals surface area contributed by atoms with Crippen LogP contribution in [0.1, 0.15) is 25.3 Å². The second-order valence-corrected chi connectivity index (χ2v) is 6.30. The molecule has 0 saturated heterocycles. The van der Waals surface area contributed by atoms with Crippen LogP contribution < -0.4 is 21.9 Å². The average Bonchev–Trinajstić information content (AvgIpc) is 2.49. The normalized spacial score (nSPS) is 10.7. The third kappa shape index (κ3) is 3.85. The van der Waals surface area contributed by atoms with Crippen molar-refractivity contribution in [2.75, 3.05) is 17.7 Å². The highest BCUT2D eigenvalue weighted by Gasteiger charge is 2.16. The number of aromatic nitrogens is 2. The molecule has 3 N–H and O–H groups in total. The van der Waals surface area contributed by atoms with Crippen molar-refractivity contribution in [2.45, 2.75) is 32.9 Å². The standard InChI is InChI=1S/C16H21BrN4O2/c1-3-4-9-21-14(18)13(15(22)19-16(21)23)20(2)10-11-7-5-6-8-12(11)17/h5-8H,3-4,9-10,18H2,1-2H3,(H,19,22,23). The Morgan fingerprint density at radius 1 is 1.30 bits per heavy atom. The fourth-order valence-electron chi connectivity index (χ4n) is 2.45. The first-order chi connectivity index (χ1) is 11.0. The van der Waals surface area contributed by atoms with Gasteiger partial charge < -0.3 is 10.6 Å². The van der Waals surface area contributed by atoms with Crippen LogP contribution in [-0.2, 0) is 13.1 Å². The lowest BCUT2D eigenvalue weighted by molar-refractivity contribution is 0.603. The number of hydrogen-bond acceptors (Lipinski definition) is 4. The molecule has 1 heterocycles. The van der Waals surface area contributed by atoms with Crippen LogP contribution >= 0.6 is 15.9 Å². The molecule has 0 bridgehead atoms. The average molecular weight is 381 g/mol. The van der Waals surface area contributed by atoms with Gasteiger partial charge in [-0.15, -0.1) is 0 Å². The summed E-state index contributed by atoms with van der Waals surface area (Å²) in [6, 6.07) is 7.78. The summed E-state index contributed by atoms with van der Waals surface area (Å²) < 4.78 is 2.39. The van der Waals surface area contributed by atoms with E-state index in [1.165, 1.54) is 4.57 Å². The summed E-state index contributed by atoms with van der Waals surface area (Å²) in [5.74, 6) is 0.210. The number of halogens is 1. The highest BCUT2D eigenvalue weighted by molar-refractivity contribution is 9.10. The summed E-state index contributed by atoms with van der Waals surface area (Å²) in [6.07, 6.45) is 1.76.